The van der Waals surface area contributed by atoms with Crippen LogP contribution in [0.15, 0.2) is 24.3 Å². The fourth-order valence-corrected chi connectivity index (χ4v) is 3.84. The zero-order valence-corrected chi connectivity index (χ0v) is 18.2. The summed E-state index contributed by atoms with van der Waals surface area (Å²) in [4.78, 5) is 43.9. The summed E-state index contributed by atoms with van der Waals surface area (Å²) in [7, 11) is 2.07. The lowest BCUT2D eigenvalue weighted by molar-refractivity contribution is -0.145. The number of carbonyl (C=O) groups is 3. The average Bonchev–Trinajstić information content (AvgIpc) is 2.71. The van der Waals surface area contributed by atoms with Gasteiger partial charge in [0.2, 0.25) is 17.7 Å². The van der Waals surface area contributed by atoms with Gasteiger partial charge in [-0.3, -0.25) is 19.3 Å². The van der Waals surface area contributed by atoms with Crippen LogP contribution in [-0.2, 0) is 14.4 Å². The molecule has 2 aliphatic heterocycles. The summed E-state index contributed by atoms with van der Waals surface area (Å²) in [6.07, 6.45) is -0.0494. The van der Waals surface area contributed by atoms with Gasteiger partial charge in [-0.2, -0.15) is 0 Å². The van der Waals surface area contributed by atoms with Gasteiger partial charge in [-0.15, -0.1) is 0 Å². The Morgan fingerprint density at radius 1 is 1.10 bits per heavy atom. The molecule has 1 unspecified atom stereocenters. The summed E-state index contributed by atoms with van der Waals surface area (Å²) >= 11 is 0. The van der Waals surface area contributed by atoms with Crippen LogP contribution in [0.1, 0.15) is 31.7 Å². The van der Waals surface area contributed by atoms with Gasteiger partial charge in [0.05, 0.1) is 13.0 Å². The molecule has 0 bridgehead atoms. The van der Waals surface area contributed by atoms with Crippen molar-refractivity contribution < 1.29 is 14.4 Å². The van der Waals surface area contributed by atoms with Crippen molar-refractivity contribution in [1.82, 2.24) is 20.0 Å². The molecule has 8 heteroatoms. The van der Waals surface area contributed by atoms with Crippen LogP contribution >= 0.6 is 0 Å². The Bertz CT molecular complexity index is 757. The second kappa shape index (κ2) is 10.0. The molecule has 1 aromatic rings. The van der Waals surface area contributed by atoms with Crippen LogP contribution in [0.4, 0.5) is 5.69 Å². The van der Waals surface area contributed by atoms with Crippen molar-refractivity contribution >= 4 is 23.4 Å². The molecule has 2 saturated heterocycles. The number of nitrogens with zero attached hydrogens (tertiary/aromatic N) is 3. The minimum Gasteiger partial charge on any atom is -0.353 e. The number of benzene rings is 1. The van der Waals surface area contributed by atoms with Gasteiger partial charge in [0, 0.05) is 45.0 Å². The zero-order valence-electron chi connectivity index (χ0n) is 18.2. The first-order valence-electron chi connectivity index (χ1n) is 10.7. The lowest BCUT2D eigenvalue weighted by Crippen LogP contribution is -2.60. The molecule has 0 aliphatic carbocycles. The maximum atomic E-state index is 12.9. The number of amides is 3. The van der Waals surface area contributed by atoms with Crippen molar-refractivity contribution in [2.24, 2.45) is 0 Å². The van der Waals surface area contributed by atoms with E-state index in [1.165, 1.54) is 5.56 Å². The van der Waals surface area contributed by atoms with Gasteiger partial charge >= 0.3 is 0 Å². The van der Waals surface area contributed by atoms with Gasteiger partial charge < -0.3 is 20.4 Å². The molecule has 0 radical (unpaired) electrons. The summed E-state index contributed by atoms with van der Waals surface area (Å²) in [6, 6.07) is 6.93. The van der Waals surface area contributed by atoms with Crippen LogP contribution in [0.2, 0.25) is 0 Å². The Kier molecular flexibility index (Phi) is 7.44. The second-order valence-corrected chi connectivity index (χ2v) is 8.50. The molecule has 0 saturated carbocycles. The van der Waals surface area contributed by atoms with E-state index < -0.39 is 6.04 Å². The van der Waals surface area contributed by atoms with E-state index in [0.717, 1.165) is 26.2 Å². The Morgan fingerprint density at radius 3 is 2.40 bits per heavy atom. The van der Waals surface area contributed by atoms with Crippen LogP contribution in [0, 0.1) is 0 Å². The summed E-state index contributed by atoms with van der Waals surface area (Å²) in [5.74, 6) is -0.209. The summed E-state index contributed by atoms with van der Waals surface area (Å²) < 4.78 is 0. The maximum Gasteiger partial charge on any atom is 0.243 e. The number of rotatable bonds is 6. The van der Waals surface area contributed by atoms with Crippen molar-refractivity contribution in [2.75, 3.05) is 58.2 Å². The zero-order chi connectivity index (χ0) is 21.7. The summed E-state index contributed by atoms with van der Waals surface area (Å²) in [6.45, 7) is 8.88. The number of nitrogens with one attached hydrogen (secondary N) is 2. The third-order valence-corrected chi connectivity index (χ3v) is 5.85. The molecule has 164 valence electrons. The fraction of sp³-hybridized carbons (Fsp3) is 0.591. The van der Waals surface area contributed by atoms with Gasteiger partial charge in [0.15, 0.2) is 0 Å². The van der Waals surface area contributed by atoms with Crippen LogP contribution < -0.4 is 10.6 Å². The predicted molar refractivity (Wildman–Crippen MR) is 116 cm³/mol. The molecule has 2 heterocycles. The molecule has 3 rings (SSSR count). The highest BCUT2D eigenvalue weighted by Gasteiger charge is 2.35. The van der Waals surface area contributed by atoms with Crippen LogP contribution in [0.25, 0.3) is 0 Å². The molecule has 1 atom stereocenters. The van der Waals surface area contributed by atoms with Gasteiger partial charge in [0.1, 0.15) is 6.04 Å². The molecule has 0 aromatic heterocycles. The first-order chi connectivity index (χ1) is 14.3. The number of hydrogen-bond acceptors (Lipinski definition) is 5. The maximum absolute atomic E-state index is 12.9. The quantitative estimate of drug-likeness (QED) is 0.715. The Labute approximate surface area is 178 Å². The van der Waals surface area contributed by atoms with E-state index in [1.54, 1.807) is 4.90 Å². The van der Waals surface area contributed by atoms with E-state index in [9.17, 15) is 14.4 Å². The number of piperazine rings is 2. The molecule has 8 nitrogen and oxygen atoms in total. The van der Waals surface area contributed by atoms with Crippen molar-refractivity contribution in [3.63, 3.8) is 0 Å². The van der Waals surface area contributed by atoms with Gasteiger partial charge in [-0.05, 0) is 30.7 Å². The molecular weight excluding hydrogens is 382 g/mol. The minimum absolute atomic E-state index is 0.0494. The predicted octanol–water partition coefficient (Wildman–Crippen LogP) is 0.713. The highest BCUT2D eigenvalue weighted by atomic mass is 16.2. The van der Waals surface area contributed by atoms with Crippen molar-refractivity contribution in [2.45, 2.75) is 32.2 Å². The minimum atomic E-state index is -0.770. The van der Waals surface area contributed by atoms with Crippen molar-refractivity contribution in [3.8, 4) is 0 Å². The fourth-order valence-electron chi connectivity index (χ4n) is 3.84. The Hall–Kier alpha value is -2.45. The summed E-state index contributed by atoms with van der Waals surface area (Å²) in [5.41, 5.74) is 1.89. The molecule has 3 amide bonds. The van der Waals surface area contributed by atoms with E-state index in [0.29, 0.717) is 24.7 Å². The first kappa shape index (κ1) is 22.2. The van der Waals surface area contributed by atoms with Gasteiger partial charge in [-0.25, -0.2) is 0 Å². The third-order valence-electron chi connectivity index (χ3n) is 5.85. The average molecular weight is 416 g/mol. The molecule has 2 N–H and O–H groups in total. The monoisotopic (exact) mass is 415 g/mol. The Balaban J connectivity index is 1.59. The first-order valence-corrected chi connectivity index (χ1v) is 10.7. The molecule has 2 aliphatic rings. The van der Waals surface area contributed by atoms with Crippen LogP contribution in [0.5, 0.6) is 0 Å². The van der Waals surface area contributed by atoms with E-state index in [1.807, 2.05) is 24.3 Å². The van der Waals surface area contributed by atoms with Crippen molar-refractivity contribution in [1.29, 1.82) is 0 Å². The van der Waals surface area contributed by atoms with Crippen LogP contribution in [0.3, 0.4) is 0 Å². The van der Waals surface area contributed by atoms with E-state index >= 15 is 0 Å². The highest BCUT2D eigenvalue weighted by molar-refractivity contribution is 5.97. The van der Waals surface area contributed by atoms with Crippen LogP contribution in [-0.4, -0.2) is 91.3 Å². The molecular formula is C22H33N5O3. The molecule has 1 aromatic carbocycles. The number of anilines is 1. The van der Waals surface area contributed by atoms with Gasteiger partial charge in [-0.1, -0.05) is 26.0 Å². The second-order valence-electron chi connectivity index (χ2n) is 8.50. The number of carbonyl (C=O) groups excluding carboxylic acids is 3. The van der Waals surface area contributed by atoms with Gasteiger partial charge in [0.25, 0.3) is 0 Å². The molecule has 2 fully saturated rings. The van der Waals surface area contributed by atoms with Crippen molar-refractivity contribution in [3.05, 3.63) is 29.8 Å². The van der Waals surface area contributed by atoms with E-state index in [2.05, 4.69) is 41.3 Å². The highest BCUT2D eigenvalue weighted by Crippen LogP contribution is 2.18. The smallest absolute Gasteiger partial charge is 0.243 e. The number of hydrogen-bond donors (Lipinski definition) is 2. The summed E-state index contributed by atoms with van der Waals surface area (Å²) in [5, 5.41) is 5.63. The number of likely N-dealkylation sites (N-methyl/N-ethyl adjacent to an activating group) is 1. The Morgan fingerprint density at radius 2 is 1.77 bits per heavy atom. The third kappa shape index (κ3) is 5.79. The standard InChI is InChI=1S/C22H33N5O3/c1-16(2)17-4-6-18(7-5-17)24-20(28)14-19-22(30)23-8-9-27(19)21(29)15-26-12-10-25(3)11-13-26/h4-7,16,19H,8-15H2,1-3H3,(H,23,30)(H,24,28). The normalized spacial score (nSPS) is 20.9. The topological polar surface area (TPSA) is 85.0 Å². The largest absolute Gasteiger partial charge is 0.353 e. The molecule has 0 spiro atoms. The van der Waals surface area contributed by atoms with E-state index in [-0.39, 0.29) is 30.7 Å². The molecule has 30 heavy (non-hydrogen) atoms. The lowest BCUT2D eigenvalue weighted by Gasteiger charge is -2.37. The lowest BCUT2D eigenvalue weighted by atomic mass is 10.0. The SMILES string of the molecule is CC(C)c1ccc(NC(=O)CC2C(=O)NCCN2C(=O)CN2CCN(C)CC2)cc1. The van der Waals surface area contributed by atoms with E-state index in [4.69, 9.17) is 0 Å².